The number of nitrogens with one attached hydrogen (secondary N) is 1. The standard InChI is InChI=1S/C7H17N3O2/c1-5(2-3-11)10-4-6(8)7(9)12/h5-6,10-11H,2-4,8H2,1H3,(H2,9,12). The van der Waals surface area contributed by atoms with Crippen LogP contribution in [0.1, 0.15) is 13.3 Å². The van der Waals surface area contributed by atoms with Crippen molar-refractivity contribution in [3.05, 3.63) is 0 Å². The van der Waals surface area contributed by atoms with E-state index in [-0.39, 0.29) is 12.6 Å². The minimum Gasteiger partial charge on any atom is -0.396 e. The molecular formula is C7H17N3O2. The Balaban J connectivity index is 3.46. The summed E-state index contributed by atoms with van der Waals surface area (Å²) >= 11 is 0. The number of hydrogen-bond acceptors (Lipinski definition) is 4. The molecule has 1 amide bonds. The van der Waals surface area contributed by atoms with Gasteiger partial charge in [-0.15, -0.1) is 0 Å². The first kappa shape index (κ1) is 11.4. The summed E-state index contributed by atoms with van der Waals surface area (Å²) in [5.74, 6) is -0.515. The third kappa shape index (κ3) is 5.06. The van der Waals surface area contributed by atoms with Crippen LogP contribution in [-0.4, -0.2) is 36.2 Å². The topological polar surface area (TPSA) is 101 Å². The van der Waals surface area contributed by atoms with Crippen LogP contribution in [0.5, 0.6) is 0 Å². The lowest BCUT2D eigenvalue weighted by molar-refractivity contribution is -0.119. The third-order valence-electron chi connectivity index (χ3n) is 1.61. The molecule has 0 aliphatic rings. The van der Waals surface area contributed by atoms with E-state index in [0.717, 1.165) is 0 Å². The Morgan fingerprint density at radius 2 is 2.25 bits per heavy atom. The van der Waals surface area contributed by atoms with E-state index >= 15 is 0 Å². The summed E-state index contributed by atoms with van der Waals surface area (Å²) in [4.78, 5) is 10.5. The van der Waals surface area contributed by atoms with Crippen LogP contribution in [0.3, 0.4) is 0 Å². The first-order chi connectivity index (χ1) is 5.57. The summed E-state index contributed by atoms with van der Waals surface area (Å²) < 4.78 is 0. The van der Waals surface area contributed by atoms with Crippen molar-refractivity contribution in [1.82, 2.24) is 5.32 Å². The Morgan fingerprint density at radius 1 is 1.67 bits per heavy atom. The van der Waals surface area contributed by atoms with Gasteiger partial charge >= 0.3 is 0 Å². The number of aliphatic hydroxyl groups is 1. The molecule has 5 heteroatoms. The molecule has 0 aromatic heterocycles. The quantitative estimate of drug-likeness (QED) is 0.381. The molecule has 0 rings (SSSR count). The number of amides is 1. The fraction of sp³-hybridized carbons (Fsp3) is 0.857. The van der Waals surface area contributed by atoms with Crippen molar-refractivity contribution in [3.8, 4) is 0 Å². The number of primary amides is 1. The number of rotatable bonds is 6. The van der Waals surface area contributed by atoms with Gasteiger partial charge in [0.25, 0.3) is 0 Å². The van der Waals surface area contributed by atoms with Crippen molar-refractivity contribution in [2.45, 2.75) is 25.4 Å². The Morgan fingerprint density at radius 3 is 2.67 bits per heavy atom. The van der Waals surface area contributed by atoms with Crippen LogP contribution in [0.15, 0.2) is 0 Å². The van der Waals surface area contributed by atoms with Crippen molar-refractivity contribution < 1.29 is 9.90 Å². The normalized spacial score (nSPS) is 15.6. The summed E-state index contributed by atoms with van der Waals surface area (Å²) in [7, 11) is 0. The molecule has 2 atom stereocenters. The van der Waals surface area contributed by atoms with Gasteiger partial charge in [0, 0.05) is 19.2 Å². The van der Waals surface area contributed by atoms with Crippen molar-refractivity contribution in [2.75, 3.05) is 13.2 Å². The molecule has 0 aromatic rings. The van der Waals surface area contributed by atoms with E-state index < -0.39 is 11.9 Å². The monoisotopic (exact) mass is 175 g/mol. The second-order valence-corrected chi connectivity index (χ2v) is 2.83. The van der Waals surface area contributed by atoms with Crippen LogP contribution in [0.2, 0.25) is 0 Å². The number of hydrogen-bond donors (Lipinski definition) is 4. The zero-order valence-corrected chi connectivity index (χ0v) is 7.29. The molecule has 72 valence electrons. The highest BCUT2D eigenvalue weighted by molar-refractivity contribution is 5.79. The molecule has 12 heavy (non-hydrogen) atoms. The minimum absolute atomic E-state index is 0.125. The van der Waals surface area contributed by atoms with Crippen LogP contribution in [0, 0.1) is 0 Å². The van der Waals surface area contributed by atoms with E-state index in [4.69, 9.17) is 16.6 Å². The maximum atomic E-state index is 10.5. The summed E-state index contributed by atoms with van der Waals surface area (Å²) in [6.45, 7) is 2.39. The van der Waals surface area contributed by atoms with Crippen molar-refractivity contribution in [2.24, 2.45) is 11.5 Å². The third-order valence-corrected chi connectivity index (χ3v) is 1.61. The average Bonchev–Trinajstić information content (AvgIpc) is 2.00. The molecule has 0 heterocycles. The van der Waals surface area contributed by atoms with Gasteiger partial charge in [-0.05, 0) is 13.3 Å². The molecular weight excluding hydrogens is 158 g/mol. The molecule has 0 bridgehead atoms. The van der Waals surface area contributed by atoms with Gasteiger partial charge in [0.15, 0.2) is 0 Å². The van der Waals surface area contributed by atoms with Gasteiger partial charge in [-0.25, -0.2) is 0 Å². The molecule has 6 N–H and O–H groups in total. The molecule has 0 aliphatic heterocycles. The first-order valence-electron chi connectivity index (χ1n) is 3.97. The van der Waals surface area contributed by atoms with Gasteiger partial charge < -0.3 is 21.9 Å². The second-order valence-electron chi connectivity index (χ2n) is 2.83. The summed E-state index contributed by atoms with van der Waals surface area (Å²) in [6, 6.07) is -0.494. The Kier molecular flexibility index (Phi) is 5.61. The average molecular weight is 175 g/mol. The van der Waals surface area contributed by atoms with Crippen LogP contribution < -0.4 is 16.8 Å². The van der Waals surface area contributed by atoms with E-state index in [2.05, 4.69) is 5.32 Å². The summed E-state index contributed by atoms with van der Waals surface area (Å²) in [5, 5.41) is 11.5. The molecule has 0 aromatic carbocycles. The fourth-order valence-electron chi connectivity index (χ4n) is 0.724. The highest BCUT2D eigenvalue weighted by Crippen LogP contribution is 1.87. The SMILES string of the molecule is CC(CCO)NCC(N)C(N)=O. The summed E-state index contributed by atoms with van der Waals surface area (Å²) in [5.41, 5.74) is 10.3. The predicted molar refractivity (Wildman–Crippen MR) is 46.3 cm³/mol. The van der Waals surface area contributed by atoms with Crippen LogP contribution in [-0.2, 0) is 4.79 Å². The van der Waals surface area contributed by atoms with Gasteiger partial charge in [-0.2, -0.15) is 0 Å². The highest BCUT2D eigenvalue weighted by atomic mass is 16.3. The van der Waals surface area contributed by atoms with Gasteiger partial charge in [-0.3, -0.25) is 4.79 Å². The maximum Gasteiger partial charge on any atom is 0.235 e. The number of aliphatic hydroxyl groups excluding tert-OH is 1. The summed E-state index contributed by atoms with van der Waals surface area (Å²) in [6.07, 6.45) is 0.644. The van der Waals surface area contributed by atoms with E-state index in [0.29, 0.717) is 13.0 Å². The van der Waals surface area contributed by atoms with Crippen LogP contribution >= 0.6 is 0 Å². The zero-order chi connectivity index (χ0) is 9.56. The highest BCUT2D eigenvalue weighted by Gasteiger charge is 2.09. The number of nitrogens with two attached hydrogens (primary N) is 2. The lowest BCUT2D eigenvalue weighted by Crippen LogP contribution is -2.46. The van der Waals surface area contributed by atoms with E-state index in [1.807, 2.05) is 6.92 Å². The molecule has 0 radical (unpaired) electrons. The van der Waals surface area contributed by atoms with E-state index in [1.54, 1.807) is 0 Å². The smallest absolute Gasteiger partial charge is 0.235 e. The molecule has 0 saturated carbocycles. The van der Waals surface area contributed by atoms with Crippen LogP contribution in [0.25, 0.3) is 0 Å². The fourth-order valence-corrected chi connectivity index (χ4v) is 0.724. The van der Waals surface area contributed by atoms with E-state index in [1.165, 1.54) is 0 Å². The van der Waals surface area contributed by atoms with Gasteiger partial charge in [0.2, 0.25) is 5.91 Å². The number of carbonyl (C=O) groups excluding carboxylic acids is 1. The van der Waals surface area contributed by atoms with Gasteiger partial charge in [0.1, 0.15) is 0 Å². The lowest BCUT2D eigenvalue weighted by Gasteiger charge is -2.14. The molecule has 0 spiro atoms. The van der Waals surface area contributed by atoms with Crippen LogP contribution in [0.4, 0.5) is 0 Å². The molecule has 5 nitrogen and oxygen atoms in total. The number of carbonyl (C=O) groups is 1. The van der Waals surface area contributed by atoms with E-state index in [9.17, 15) is 4.79 Å². The maximum absolute atomic E-state index is 10.5. The Hall–Kier alpha value is -0.650. The van der Waals surface area contributed by atoms with Gasteiger partial charge in [0.05, 0.1) is 6.04 Å². The molecule has 0 fully saturated rings. The molecule has 0 aliphatic carbocycles. The van der Waals surface area contributed by atoms with Crippen molar-refractivity contribution in [3.63, 3.8) is 0 Å². The Labute approximate surface area is 72.1 Å². The largest absolute Gasteiger partial charge is 0.396 e. The Bertz CT molecular complexity index is 141. The molecule has 2 unspecified atom stereocenters. The predicted octanol–water partition coefficient (Wildman–Crippen LogP) is -1.84. The van der Waals surface area contributed by atoms with Crippen molar-refractivity contribution in [1.29, 1.82) is 0 Å². The first-order valence-corrected chi connectivity index (χ1v) is 3.97. The van der Waals surface area contributed by atoms with Gasteiger partial charge in [-0.1, -0.05) is 0 Å². The molecule has 0 saturated heterocycles. The minimum atomic E-state index is -0.647. The van der Waals surface area contributed by atoms with Crippen molar-refractivity contribution >= 4 is 5.91 Å². The second kappa shape index (κ2) is 5.93. The zero-order valence-electron chi connectivity index (χ0n) is 7.29. The lowest BCUT2D eigenvalue weighted by atomic mass is 10.2.